The lowest BCUT2D eigenvalue weighted by Gasteiger charge is -2.13. The van der Waals surface area contributed by atoms with E-state index in [4.69, 9.17) is 21.7 Å². The minimum absolute atomic E-state index is 0.208. The van der Waals surface area contributed by atoms with Crippen LogP contribution in [0.3, 0.4) is 0 Å². The van der Waals surface area contributed by atoms with Crippen LogP contribution < -0.4 is 9.47 Å². The lowest BCUT2D eigenvalue weighted by Crippen LogP contribution is -2.16. The molecule has 0 unspecified atom stereocenters. The van der Waals surface area contributed by atoms with Gasteiger partial charge in [-0.15, -0.1) is 0 Å². The molecule has 4 nitrogen and oxygen atoms in total. The fourth-order valence-corrected chi connectivity index (χ4v) is 6.08. The second kappa shape index (κ2) is 11.7. The van der Waals surface area contributed by atoms with Gasteiger partial charge >= 0.3 is 11.9 Å². The number of ether oxygens (including phenoxy) is 2. The van der Waals surface area contributed by atoms with Crippen LogP contribution in [0.15, 0.2) is 66.7 Å². The molecule has 3 aromatic carbocycles. The second-order valence-electron chi connectivity index (χ2n) is 8.36. The number of hydrogen-bond donors (Lipinski definition) is 0. The van der Waals surface area contributed by atoms with Crippen molar-refractivity contribution < 1.29 is 19.1 Å². The first-order chi connectivity index (χ1) is 16.9. The number of unbranched alkanes of at least 4 members (excludes halogenated alkanes) is 2. The topological polar surface area (TPSA) is 52.6 Å². The third-order valence-electron chi connectivity index (χ3n) is 5.73. The Labute approximate surface area is 217 Å². The van der Waals surface area contributed by atoms with E-state index < -0.39 is 5.92 Å². The summed E-state index contributed by atoms with van der Waals surface area (Å²) in [4.78, 5) is 25.9. The number of carbonyl (C=O) groups excluding carboxylic acids is 2. The molecule has 0 bridgehead atoms. The van der Waals surface area contributed by atoms with E-state index in [-0.39, 0.29) is 11.9 Å². The summed E-state index contributed by atoms with van der Waals surface area (Å²) >= 11 is 5.20. The monoisotopic (exact) mass is 522 g/mol. The molecule has 1 aromatic heterocycles. The summed E-state index contributed by atoms with van der Waals surface area (Å²) in [5, 5.41) is 1.91. The summed E-state index contributed by atoms with van der Waals surface area (Å²) in [6.07, 6.45) is 3.36. The van der Waals surface area contributed by atoms with Gasteiger partial charge in [0.25, 0.3) is 0 Å². The van der Waals surface area contributed by atoms with Crippen molar-refractivity contribution in [2.24, 2.45) is 0 Å². The molecule has 0 aliphatic rings. The molecule has 0 aliphatic heterocycles. The van der Waals surface area contributed by atoms with Crippen molar-refractivity contribution in [3.8, 4) is 21.9 Å². The van der Waals surface area contributed by atoms with Gasteiger partial charge in [-0.25, -0.2) is 0 Å². The molecule has 0 saturated carbocycles. The van der Waals surface area contributed by atoms with Gasteiger partial charge in [0.1, 0.15) is 15.3 Å². The van der Waals surface area contributed by atoms with Crippen LogP contribution in [-0.4, -0.2) is 11.9 Å². The van der Waals surface area contributed by atoms with Gasteiger partial charge in [-0.1, -0.05) is 76.9 Å². The van der Waals surface area contributed by atoms with Crippen molar-refractivity contribution in [3.63, 3.8) is 0 Å². The quantitative estimate of drug-likeness (QED) is 0.0724. The predicted molar refractivity (Wildman–Crippen MR) is 146 cm³/mol. The standard InChI is InChI=1S/C28H26O4S3/c1-3-4-5-6-26(29)31-24-14-11-21-15-20(7-8-22(21)16-24)18(2)28(30)32-23-12-9-19(10-13-23)25-17-27(33)35-34-25/h7-18H,3-6H2,1-2H3/t18-/m0/s1. The predicted octanol–water partition coefficient (Wildman–Crippen LogP) is 8.55. The van der Waals surface area contributed by atoms with Crippen molar-refractivity contribution in [2.75, 3.05) is 0 Å². The fraction of sp³-hybridized carbons (Fsp3) is 0.250. The van der Waals surface area contributed by atoms with E-state index in [0.717, 1.165) is 49.9 Å². The van der Waals surface area contributed by atoms with Crippen molar-refractivity contribution in [2.45, 2.75) is 45.4 Å². The lowest BCUT2D eigenvalue weighted by molar-refractivity contribution is -0.136. The van der Waals surface area contributed by atoms with Crippen LogP contribution >= 0.6 is 32.9 Å². The fourth-order valence-electron chi connectivity index (χ4n) is 3.68. The van der Waals surface area contributed by atoms with Crippen molar-refractivity contribution >= 4 is 55.6 Å². The van der Waals surface area contributed by atoms with Gasteiger partial charge in [-0.3, -0.25) is 9.59 Å². The molecule has 4 rings (SSSR count). The molecule has 4 aromatic rings. The number of carbonyl (C=O) groups is 2. The van der Waals surface area contributed by atoms with E-state index in [0.29, 0.717) is 17.9 Å². The molecule has 0 radical (unpaired) electrons. The molecule has 1 atom stereocenters. The highest BCUT2D eigenvalue weighted by Gasteiger charge is 2.18. The van der Waals surface area contributed by atoms with Crippen molar-refractivity contribution in [3.05, 3.63) is 76.1 Å². The molecule has 35 heavy (non-hydrogen) atoms. The van der Waals surface area contributed by atoms with Crippen LogP contribution in [-0.2, 0) is 9.59 Å². The van der Waals surface area contributed by atoms with Gasteiger partial charge < -0.3 is 9.47 Å². The molecule has 0 fully saturated rings. The van der Waals surface area contributed by atoms with E-state index in [2.05, 4.69) is 6.92 Å². The molecule has 0 aliphatic carbocycles. The maximum Gasteiger partial charge on any atom is 0.318 e. The second-order valence-corrected chi connectivity index (χ2v) is 11.3. The lowest BCUT2D eigenvalue weighted by atomic mass is 9.98. The Morgan fingerprint density at radius 2 is 1.57 bits per heavy atom. The van der Waals surface area contributed by atoms with Gasteiger partial charge in [0.15, 0.2) is 0 Å². The minimum Gasteiger partial charge on any atom is -0.427 e. The van der Waals surface area contributed by atoms with Gasteiger partial charge in [-0.05, 0) is 77.7 Å². The Bertz CT molecular complexity index is 1390. The van der Waals surface area contributed by atoms with Crippen LogP contribution in [0.1, 0.15) is 51.0 Å². The number of esters is 2. The largest absolute Gasteiger partial charge is 0.427 e. The average Bonchev–Trinajstić information content (AvgIpc) is 3.30. The minimum atomic E-state index is -0.433. The molecule has 7 heteroatoms. The molecule has 0 saturated heterocycles. The van der Waals surface area contributed by atoms with Gasteiger partial charge in [0.05, 0.1) is 5.92 Å². The Hall–Kier alpha value is -2.87. The summed E-state index contributed by atoms with van der Waals surface area (Å²) in [7, 11) is 3.21. The molecule has 180 valence electrons. The van der Waals surface area contributed by atoms with E-state index in [9.17, 15) is 9.59 Å². The highest BCUT2D eigenvalue weighted by atomic mass is 32.9. The Morgan fingerprint density at radius 1 is 0.857 bits per heavy atom. The normalized spacial score (nSPS) is 11.8. The Kier molecular flexibility index (Phi) is 8.44. The first-order valence-electron chi connectivity index (χ1n) is 11.6. The highest BCUT2D eigenvalue weighted by molar-refractivity contribution is 7.80. The molecule has 1 heterocycles. The number of rotatable bonds is 9. The summed E-state index contributed by atoms with van der Waals surface area (Å²) in [6, 6.07) is 20.8. The number of hydrogen-bond acceptors (Lipinski definition) is 7. The highest BCUT2D eigenvalue weighted by Crippen LogP contribution is 2.31. The van der Waals surface area contributed by atoms with Crippen LogP contribution in [0.4, 0.5) is 0 Å². The first-order valence-corrected chi connectivity index (χ1v) is 14.2. The van der Waals surface area contributed by atoms with Crippen molar-refractivity contribution in [1.29, 1.82) is 0 Å². The van der Waals surface area contributed by atoms with Gasteiger partial charge in [0.2, 0.25) is 0 Å². The average molecular weight is 523 g/mol. The van der Waals surface area contributed by atoms with E-state index in [1.165, 1.54) is 0 Å². The van der Waals surface area contributed by atoms with Gasteiger partial charge in [-0.2, -0.15) is 0 Å². The molecular formula is C28H26O4S3. The zero-order valence-corrected chi connectivity index (χ0v) is 22.1. The van der Waals surface area contributed by atoms with Crippen LogP contribution in [0, 0.1) is 3.82 Å². The molecular weight excluding hydrogens is 497 g/mol. The van der Waals surface area contributed by atoms with E-state index >= 15 is 0 Å². The van der Waals surface area contributed by atoms with E-state index in [1.807, 2.05) is 55.5 Å². The summed E-state index contributed by atoms with van der Waals surface area (Å²) in [6.45, 7) is 3.94. The SMILES string of the molecule is CCCCCC(=O)Oc1ccc2cc([C@H](C)C(=O)Oc3ccc(-c4cc(=S)ss4)cc3)ccc2c1. The molecule has 0 N–H and O–H groups in total. The van der Waals surface area contributed by atoms with Gasteiger partial charge in [0, 0.05) is 11.3 Å². The molecule has 0 amide bonds. The first kappa shape index (κ1) is 25.2. The number of fused-ring (bicyclic) bond motifs is 1. The molecule has 0 spiro atoms. The van der Waals surface area contributed by atoms with Crippen molar-refractivity contribution in [1.82, 2.24) is 0 Å². The summed E-state index contributed by atoms with van der Waals surface area (Å²) < 4.78 is 12.0. The zero-order chi connectivity index (χ0) is 24.8. The van der Waals surface area contributed by atoms with Crippen LogP contribution in [0.25, 0.3) is 21.2 Å². The smallest absolute Gasteiger partial charge is 0.318 e. The summed E-state index contributed by atoms with van der Waals surface area (Å²) in [5.74, 6) is 0.0864. The van der Waals surface area contributed by atoms with E-state index in [1.54, 1.807) is 38.9 Å². The maximum atomic E-state index is 12.8. The maximum absolute atomic E-state index is 12.8. The zero-order valence-electron chi connectivity index (χ0n) is 19.6. The third-order valence-corrected chi connectivity index (χ3v) is 8.64. The third kappa shape index (κ3) is 6.63. The Balaban J connectivity index is 1.40. The number of benzene rings is 3. The van der Waals surface area contributed by atoms with Crippen LogP contribution in [0.5, 0.6) is 11.5 Å². The van der Waals surface area contributed by atoms with Crippen LogP contribution in [0.2, 0.25) is 0 Å². The Morgan fingerprint density at radius 3 is 2.29 bits per heavy atom. The summed E-state index contributed by atoms with van der Waals surface area (Å²) in [5.41, 5.74) is 1.91.